The first-order valence-electron chi connectivity index (χ1n) is 12.0. The van der Waals surface area contributed by atoms with E-state index in [0.29, 0.717) is 0 Å². The second-order valence-electron chi connectivity index (χ2n) is 8.98. The Balaban J connectivity index is 1.16. The zero-order valence-corrected chi connectivity index (χ0v) is 19.5. The minimum Gasteiger partial charge on any atom is -0.480 e. The number of fused-ring (bicyclic) bond motifs is 3. The van der Waals surface area contributed by atoms with Gasteiger partial charge in [0.25, 0.3) is 0 Å². The van der Waals surface area contributed by atoms with Crippen LogP contribution >= 0.6 is 0 Å². The lowest BCUT2D eigenvalue weighted by Gasteiger charge is -2.37. The highest BCUT2D eigenvalue weighted by molar-refractivity contribution is 5.81. The van der Waals surface area contributed by atoms with Gasteiger partial charge in [0.15, 0.2) is 0 Å². The standard InChI is InChI=1S/C28H29N3O4/c32-27(33)26(18-30-14-16-31(17-15-30)20-8-2-1-3-9-20)29-28(34)35-19-25-23-12-6-4-10-21(23)22-11-5-7-13-24(22)25/h1-13,25-26H,14-19H2,(H,29,34)(H,32,33)/t26-/m1/s1. The van der Waals surface area contributed by atoms with E-state index in [0.717, 1.165) is 48.4 Å². The van der Waals surface area contributed by atoms with Crippen LogP contribution in [0.3, 0.4) is 0 Å². The van der Waals surface area contributed by atoms with E-state index in [-0.39, 0.29) is 19.1 Å². The number of anilines is 1. The molecule has 1 amide bonds. The number of hydrogen-bond donors (Lipinski definition) is 2. The van der Waals surface area contributed by atoms with Gasteiger partial charge in [0.05, 0.1) is 0 Å². The third-order valence-electron chi connectivity index (χ3n) is 6.87. The maximum Gasteiger partial charge on any atom is 0.407 e. The number of ether oxygens (including phenoxy) is 1. The number of nitrogens with one attached hydrogen (secondary N) is 1. The predicted molar refractivity (Wildman–Crippen MR) is 135 cm³/mol. The van der Waals surface area contributed by atoms with Gasteiger partial charge < -0.3 is 20.1 Å². The average Bonchev–Trinajstić information content (AvgIpc) is 3.21. The molecule has 0 bridgehead atoms. The van der Waals surface area contributed by atoms with E-state index in [1.165, 1.54) is 5.69 Å². The first-order chi connectivity index (χ1) is 17.1. The van der Waals surface area contributed by atoms with E-state index in [1.54, 1.807) is 0 Å². The number of hydrogen-bond acceptors (Lipinski definition) is 5. The summed E-state index contributed by atoms with van der Waals surface area (Å²) in [4.78, 5) is 28.8. The molecule has 180 valence electrons. The number of alkyl carbamates (subject to hydrolysis) is 1. The van der Waals surface area contributed by atoms with Crippen LogP contribution in [0, 0.1) is 0 Å². The summed E-state index contributed by atoms with van der Waals surface area (Å²) in [6.45, 7) is 3.46. The predicted octanol–water partition coefficient (Wildman–Crippen LogP) is 3.80. The van der Waals surface area contributed by atoms with Crippen molar-refractivity contribution in [2.24, 2.45) is 0 Å². The third-order valence-corrected chi connectivity index (χ3v) is 6.87. The van der Waals surface area contributed by atoms with Gasteiger partial charge in [-0.2, -0.15) is 0 Å². The van der Waals surface area contributed by atoms with Crippen LogP contribution in [0.25, 0.3) is 11.1 Å². The van der Waals surface area contributed by atoms with Crippen molar-refractivity contribution in [2.75, 3.05) is 44.2 Å². The molecule has 1 heterocycles. The number of para-hydroxylation sites is 1. The van der Waals surface area contributed by atoms with Gasteiger partial charge in [-0.15, -0.1) is 0 Å². The van der Waals surface area contributed by atoms with Gasteiger partial charge in [0.2, 0.25) is 0 Å². The van der Waals surface area contributed by atoms with E-state index >= 15 is 0 Å². The van der Waals surface area contributed by atoms with Crippen LogP contribution in [0.2, 0.25) is 0 Å². The topological polar surface area (TPSA) is 82.1 Å². The van der Waals surface area contributed by atoms with Crippen molar-refractivity contribution in [3.63, 3.8) is 0 Å². The summed E-state index contributed by atoms with van der Waals surface area (Å²) in [5.74, 6) is -1.13. The zero-order valence-electron chi connectivity index (χ0n) is 19.5. The van der Waals surface area contributed by atoms with Gasteiger partial charge in [0, 0.05) is 44.3 Å². The minimum absolute atomic E-state index is 0.0671. The molecule has 1 atom stereocenters. The zero-order chi connectivity index (χ0) is 24.2. The Morgan fingerprint density at radius 1 is 0.857 bits per heavy atom. The van der Waals surface area contributed by atoms with Crippen LogP contribution in [0.15, 0.2) is 78.9 Å². The fourth-order valence-corrected chi connectivity index (χ4v) is 5.05. The number of aliphatic carboxylic acids is 1. The molecule has 0 aromatic heterocycles. The van der Waals surface area contributed by atoms with Crippen LogP contribution in [0.1, 0.15) is 17.0 Å². The normalized spacial score (nSPS) is 16.3. The maximum atomic E-state index is 12.6. The maximum absolute atomic E-state index is 12.6. The molecule has 1 aliphatic heterocycles. The first kappa shape index (κ1) is 22.9. The summed E-state index contributed by atoms with van der Waals surface area (Å²) in [6, 6.07) is 25.4. The molecule has 7 nitrogen and oxygen atoms in total. The summed E-state index contributed by atoms with van der Waals surface area (Å²) < 4.78 is 5.54. The van der Waals surface area contributed by atoms with Crippen LogP contribution in [0.4, 0.5) is 10.5 Å². The number of carboxylic acids is 1. The number of carbonyl (C=O) groups excluding carboxylic acids is 1. The van der Waals surface area contributed by atoms with E-state index < -0.39 is 18.1 Å². The number of rotatable bonds is 7. The molecule has 0 unspecified atom stereocenters. The number of nitrogens with zero attached hydrogens (tertiary/aromatic N) is 2. The van der Waals surface area contributed by atoms with E-state index in [2.05, 4.69) is 51.5 Å². The third kappa shape index (κ3) is 5.00. The van der Waals surface area contributed by atoms with Crippen LogP contribution < -0.4 is 10.2 Å². The minimum atomic E-state index is -1.07. The molecular weight excluding hydrogens is 442 g/mol. The second-order valence-corrected chi connectivity index (χ2v) is 8.98. The van der Waals surface area contributed by atoms with Crippen molar-refractivity contribution < 1.29 is 19.4 Å². The Morgan fingerprint density at radius 3 is 2.03 bits per heavy atom. The highest BCUT2D eigenvalue weighted by Crippen LogP contribution is 2.44. The van der Waals surface area contributed by atoms with Crippen molar-refractivity contribution in [1.29, 1.82) is 0 Å². The fraction of sp³-hybridized carbons (Fsp3) is 0.286. The van der Waals surface area contributed by atoms with Crippen LogP contribution in [-0.2, 0) is 9.53 Å². The molecule has 35 heavy (non-hydrogen) atoms. The van der Waals surface area contributed by atoms with Crippen molar-refractivity contribution in [2.45, 2.75) is 12.0 Å². The number of amides is 1. The molecule has 5 rings (SSSR count). The molecule has 0 spiro atoms. The van der Waals surface area contributed by atoms with Crippen molar-refractivity contribution in [3.05, 3.63) is 90.0 Å². The average molecular weight is 472 g/mol. The SMILES string of the molecule is O=C(N[C@H](CN1CCN(c2ccccc2)CC1)C(=O)O)OCC1c2ccccc2-c2ccccc21. The number of piperazine rings is 1. The monoisotopic (exact) mass is 471 g/mol. The second kappa shape index (κ2) is 10.2. The highest BCUT2D eigenvalue weighted by atomic mass is 16.5. The molecule has 1 fully saturated rings. The molecule has 2 N–H and O–H groups in total. The summed E-state index contributed by atoms with van der Waals surface area (Å²) >= 11 is 0. The number of carbonyl (C=O) groups is 2. The molecule has 1 aliphatic carbocycles. The van der Waals surface area contributed by atoms with Gasteiger partial charge >= 0.3 is 12.1 Å². The summed E-state index contributed by atoms with van der Waals surface area (Å²) in [5, 5.41) is 12.3. The lowest BCUT2D eigenvalue weighted by molar-refractivity contribution is -0.139. The van der Waals surface area contributed by atoms with Gasteiger partial charge in [-0.1, -0.05) is 66.7 Å². The lowest BCUT2D eigenvalue weighted by atomic mass is 9.98. The van der Waals surface area contributed by atoms with Gasteiger partial charge in [-0.3, -0.25) is 4.90 Å². The number of benzene rings is 3. The van der Waals surface area contributed by atoms with Crippen LogP contribution in [0.5, 0.6) is 0 Å². The quantitative estimate of drug-likeness (QED) is 0.546. The summed E-state index contributed by atoms with van der Waals surface area (Å²) in [5.41, 5.74) is 5.70. The Bertz CT molecular complexity index is 1150. The van der Waals surface area contributed by atoms with Crippen molar-refractivity contribution in [1.82, 2.24) is 10.2 Å². The molecule has 0 saturated carbocycles. The molecule has 1 saturated heterocycles. The van der Waals surface area contributed by atoms with Gasteiger partial charge in [0.1, 0.15) is 12.6 Å². The highest BCUT2D eigenvalue weighted by Gasteiger charge is 2.30. The molecule has 3 aromatic rings. The first-order valence-corrected chi connectivity index (χ1v) is 12.0. The largest absolute Gasteiger partial charge is 0.480 e. The molecule has 3 aromatic carbocycles. The smallest absolute Gasteiger partial charge is 0.407 e. The molecule has 2 aliphatic rings. The van der Waals surface area contributed by atoms with Gasteiger partial charge in [-0.05, 0) is 34.4 Å². The Labute approximate surface area is 204 Å². The van der Waals surface area contributed by atoms with Crippen molar-refractivity contribution >= 4 is 17.7 Å². The van der Waals surface area contributed by atoms with E-state index in [9.17, 15) is 14.7 Å². The number of carboxylic acid groups (broad SMARTS) is 1. The lowest BCUT2D eigenvalue weighted by Crippen LogP contribution is -2.54. The summed E-state index contributed by atoms with van der Waals surface area (Å²) in [7, 11) is 0. The summed E-state index contributed by atoms with van der Waals surface area (Å²) in [6.07, 6.45) is -0.706. The van der Waals surface area contributed by atoms with Crippen molar-refractivity contribution in [3.8, 4) is 11.1 Å². The fourth-order valence-electron chi connectivity index (χ4n) is 5.05. The van der Waals surface area contributed by atoms with Crippen LogP contribution in [-0.4, -0.2) is 67.4 Å². The molecular formula is C28H29N3O4. The van der Waals surface area contributed by atoms with E-state index in [1.807, 2.05) is 42.5 Å². The molecule has 0 radical (unpaired) electrons. The Hall–Kier alpha value is -3.84. The Morgan fingerprint density at radius 2 is 1.43 bits per heavy atom. The Kier molecular flexibility index (Phi) is 6.68. The van der Waals surface area contributed by atoms with Gasteiger partial charge in [-0.25, -0.2) is 9.59 Å². The van der Waals surface area contributed by atoms with E-state index in [4.69, 9.17) is 4.74 Å². The molecule has 7 heteroatoms.